The number of anilines is 1. The largest absolute Gasteiger partial charge is 0.481 e. The number of nitrogens with zero attached hydrogens (tertiary/aromatic N) is 1. The molecule has 6 heteroatoms. The topological polar surface area (TPSA) is 91.3 Å². The van der Waals surface area contributed by atoms with Gasteiger partial charge in [0, 0.05) is 19.2 Å². The summed E-state index contributed by atoms with van der Waals surface area (Å²) in [5, 5.41) is 14.2. The number of rotatable bonds is 7. The normalized spacial score (nSPS) is 11.9. The number of carboxylic acid groups (broad SMARTS) is 1. The van der Waals surface area contributed by atoms with Crippen LogP contribution in [0.25, 0.3) is 0 Å². The lowest BCUT2D eigenvalue weighted by Crippen LogP contribution is -2.34. The summed E-state index contributed by atoms with van der Waals surface area (Å²) in [6.45, 7) is 4.41. The lowest BCUT2D eigenvalue weighted by atomic mass is 9.94. The fourth-order valence-electron chi connectivity index (χ4n) is 2.00. The average Bonchev–Trinajstić information content (AvgIpc) is 2.36. The summed E-state index contributed by atoms with van der Waals surface area (Å²) in [7, 11) is 0. The number of nitrogens with one attached hydrogen (secondary N) is 2. The number of amides is 2. The highest BCUT2D eigenvalue weighted by molar-refractivity contribution is 5.88. The number of carbonyl (C=O) groups is 2. The van der Waals surface area contributed by atoms with Crippen molar-refractivity contribution in [2.24, 2.45) is 11.8 Å². The Bertz CT molecular complexity index is 435. The number of carboxylic acids is 1. The van der Waals surface area contributed by atoms with Crippen LogP contribution in [0.3, 0.4) is 0 Å². The molecule has 1 rings (SSSR count). The molecule has 0 aliphatic heterocycles. The third-order valence-electron chi connectivity index (χ3n) is 2.74. The Balaban J connectivity index is 2.41. The minimum atomic E-state index is -0.842. The van der Waals surface area contributed by atoms with Crippen molar-refractivity contribution in [2.45, 2.75) is 26.7 Å². The van der Waals surface area contributed by atoms with Crippen LogP contribution < -0.4 is 10.6 Å². The Labute approximate surface area is 118 Å². The average molecular weight is 279 g/mol. The van der Waals surface area contributed by atoms with Crippen LogP contribution in [-0.4, -0.2) is 28.6 Å². The molecule has 0 aliphatic rings. The molecule has 0 aromatic carbocycles. The van der Waals surface area contributed by atoms with E-state index in [0.717, 1.165) is 6.42 Å². The highest BCUT2D eigenvalue weighted by atomic mass is 16.4. The molecule has 0 aliphatic carbocycles. The summed E-state index contributed by atoms with van der Waals surface area (Å²) >= 11 is 0. The molecule has 6 nitrogen and oxygen atoms in total. The van der Waals surface area contributed by atoms with E-state index in [-0.39, 0.29) is 18.4 Å². The molecule has 20 heavy (non-hydrogen) atoms. The number of urea groups is 1. The molecule has 0 saturated carbocycles. The van der Waals surface area contributed by atoms with Crippen molar-refractivity contribution in [1.29, 1.82) is 0 Å². The van der Waals surface area contributed by atoms with Gasteiger partial charge in [0.25, 0.3) is 0 Å². The van der Waals surface area contributed by atoms with Gasteiger partial charge >= 0.3 is 12.0 Å². The Morgan fingerprint density at radius 1 is 1.40 bits per heavy atom. The molecular weight excluding hydrogens is 258 g/mol. The zero-order chi connectivity index (χ0) is 15.0. The quantitative estimate of drug-likeness (QED) is 0.714. The molecule has 2 amide bonds. The summed E-state index contributed by atoms with van der Waals surface area (Å²) < 4.78 is 0. The van der Waals surface area contributed by atoms with E-state index in [1.54, 1.807) is 24.5 Å². The fourth-order valence-corrected chi connectivity index (χ4v) is 2.00. The molecule has 1 aromatic rings. The van der Waals surface area contributed by atoms with Crippen LogP contribution in [0, 0.1) is 11.8 Å². The second-order valence-electron chi connectivity index (χ2n) is 5.17. The Hall–Kier alpha value is -2.11. The fraction of sp³-hybridized carbons (Fsp3) is 0.500. The van der Waals surface area contributed by atoms with E-state index in [9.17, 15) is 9.59 Å². The Kier molecular flexibility index (Phi) is 6.49. The number of pyridine rings is 1. The SMILES string of the molecule is CC(C)CC(CNC(=O)Nc1cccnc1)CC(=O)O. The monoisotopic (exact) mass is 279 g/mol. The number of hydrogen-bond acceptors (Lipinski definition) is 3. The van der Waals surface area contributed by atoms with Gasteiger partial charge in [0.2, 0.25) is 0 Å². The van der Waals surface area contributed by atoms with Gasteiger partial charge in [0.15, 0.2) is 0 Å². The zero-order valence-corrected chi connectivity index (χ0v) is 11.8. The van der Waals surface area contributed by atoms with Gasteiger partial charge in [-0.25, -0.2) is 4.79 Å². The van der Waals surface area contributed by atoms with Gasteiger partial charge < -0.3 is 15.7 Å². The molecule has 1 aromatic heterocycles. The first-order valence-electron chi connectivity index (χ1n) is 6.64. The maximum Gasteiger partial charge on any atom is 0.319 e. The Morgan fingerprint density at radius 3 is 2.70 bits per heavy atom. The standard InChI is InChI=1S/C14H21N3O3/c1-10(2)6-11(7-13(18)19)8-16-14(20)17-12-4-3-5-15-9-12/h3-5,9-11H,6-8H2,1-2H3,(H,18,19)(H2,16,17,20). The van der Waals surface area contributed by atoms with Crippen molar-refractivity contribution < 1.29 is 14.7 Å². The number of hydrogen-bond donors (Lipinski definition) is 3. The highest BCUT2D eigenvalue weighted by Gasteiger charge is 2.16. The first-order chi connectivity index (χ1) is 9.47. The summed E-state index contributed by atoms with van der Waals surface area (Å²) in [6, 6.07) is 3.11. The van der Waals surface area contributed by atoms with Crippen molar-refractivity contribution in [1.82, 2.24) is 10.3 Å². The molecule has 1 heterocycles. The van der Waals surface area contributed by atoms with Crippen molar-refractivity contribution in [3.63, 3.8) is 0 Å². The van der Waals surface area contributed by atoms with Crippen LogP contribution in [0.2, 0.25) is 0 Å². The van der Waals surface area contributed by atoms with E-state index in [2.05, 4.69) is 15.6 Å². The van der Waals surface area contributed by atoms with Gasteiger partial charge in [0.1, 0.15) is 0 Å². The van der Waals surface area contributed by atoms with Crippen LogP contribution in [0.1, 0.15) is 26.7 Å². The maximum atomic E-state index is 11.7. The van der Waals surface area contributed by atoms with Gasteiger partial charge in [0.05, 0.1) is 11.9 Å². The minimum Gasteiger partial charge on any atom is -0.481 e. The number of carbonyl (C=O) groups excluding carboxylic acids is 1. The number of aliphatic carboxylic acids is 1. The summed E-state index contributed by atoms with van der Waals surface area (Å²) in [4.78, 5) is 26.4. The van der Waals surface area contributed by atoms with Gasteiger partial charge in [-0.05, 0) is 30.4 Å². The predicted molar refractivity (Wildman–Crippen MR) is 76.5 cm³/mol. The van der Waals surface area contributed by atoms with Crippen LogP contribution in [-0.2, 0) is 4.79 Å². The molecule has 110 valence electrons. The minimum absolute atomic E-state index is 0.0609. The zero-order valence-electron chi connectivity index (χ0n) is 11.8. The van der Waals surface area contributed by atoms with Crippen molar-refractivity contribution in [3.05, 3.63) is 24.5 Å². The molecule has 1 unspecified atom stereocenters. The smallest absolute Gasteiger partial charge is 0.319 e. The van der Waals surface area contributed by atoms with E-state index in [1.807, 2.05) is 13.8 Å². The maximum absolute atomic E-state index is 11.7. The van der Waals surface area contributed by atoms with Crippen molar-refractivity contribution >= 4 is 17.7 Å². The molecular formula is C14H21N3O3. The summed E-state index contributed by atoms with van der Waals surface area (Å²) in [6.07, 6.45) is 3.99. The Morgan fingerprint density at radius 2 is 2.15 bits per heavy atom. The molecule has 0 bridgehead atoms. The third-order valence-corrected chi connectivity index (χ3v) is 2.74. The van der Waals surface area contributed by atoms with Crippen LogP contribution in [0.5, 0.6) is 0 Å². The second-order valence-corrected chi connectivity index (χ2v) is 5.17. The highest BCUT2D eigenvalue weighted by Crippen LogP contribution is 2.14. The molecule has 0 saturated heterocycles. The van der Waals surface area contributed by atoms with Gasteiger partial charge in [-0.15, -0.1) is 0 Å². The molecule has 0 spiro atoms. The van der Waals surface area contributed by atoms with E-state index >= 15 is 0 Å². The van der Waals surface area contributed by atoms with E-state index in [1.165, 1.54) is 0 Å². The van der Waals surface area contributed by atoms with E-state index in [0.29, 0.717) is 18.2 Å². The number of aromatic nitrogens is 1. The van der Waals surface area contributed by atoms with Crippen LogP contribution in [0.4, 0.5) is 10.5 Å². The van der Waals surface area contributed by atoms with Crippen molar-refractivity contribution in [2.75, 3.05) is 11.9 Å². The molecule has 3 N–H and O–H groups in total. The van der Waals surface area contributed by atoms with Crippen molar-refractivity contribution in [3.8, 4) is 0 Å². The van der Waals surface area contributed by atoms with Gasteiger partial charge in [-0.3, -0.25) is 9.78 Å². The summed E-state index contributed by atoms with van der Waals surface area (Å²) in [5.41, 5.74) is 0.601. The van der Waals surface area contributed by atoms with Crippen LogP contribution >= 0.6 is 0 Å². The van der Waals surface area contributed by atoms with E-state index in [4.69, 9.17) is 5.11 Å². The predicted octanol–water partition coefficient (Wildman–Crippen LogP) is 2.34. The third kappa shape index (κ3) is 6.72. The molecule has 1 atom stereocenters. The van der Waals surface area contributed by atoms with Gasteiger partial charge in [-0.2, -0.15) is 0 Å². The second kappa shape index (κ2) is 8.14. The first kappa shape index (κ1) is 15.9. The van der Waals surface area contributed by atoms with Gasteiger partial charge in [-0.1, -0.05) is 13.8 Å². The lowest BCUT2D eigenvalue weighted by Gasteiger charge is -2.18. The molecule has 0 radical (unpaired) electrons. The van der Waals surface area contributed by atoms with E-state index < -0.39 is 5.97 Å². The first-order valence-corrected chi connectivity index (χ1v) is 6.64. The van der Waals surface area contributed by atoms with Crippen LogP contribution in [0.15, 0.2) is 24.5 Å². The summed E-state index contributed by atoms with van der Waals surface area (Å²) in [5.74, 6) is -0.514. The molecule has 0 fully saturated rings. The lowest BCUT2D eigenvalue weighted by molar-refractivity contribution is -0.138.